The molecule has 0 saturated heterocycles. The molecule has 96 valence electrons. The lowest BCUT2D eigenvalue weighted by Crippen LogP contribution is -2.19. The van der Waals surface area contributed by atoms with Crippen molar-refractivity contribution < 1.29 is 4.79 Å². The van der Waals surface area contributed by atoms with Gasteiger partial charge in [-0.05, 0) is 18.1 Å². The van der Waals surface area contributed by atoms with E-state index in [1.165, 1.54) is 5.56 Å². The van der Waals surface area contributed by atoms with Crippen LogP contribution in [0.15, 0.2) is 59.7 Å². The molecule has 0 aliphatic carbocycles. The maximum Gasteiger partial charge on any atom is 0.244 e. The summed E-state index contributed by atoms with van der Waals surface area (Å²) in [5, 5.41) is 3.95. The van der Waals surface area contributed by atoms with Crippen LogP contribution in [0.5, 0.6) is 0 Å². The van der Waals surface area contributed by atoms with Crippen molar-refractivity contribution in [2.45, 2.75) is 13.3 Å². The van der Waals surface area contributed by atoms with Gasteiger partial charge in [0.15, 0.2) is 0 Å². The normalized spacial score (nSPS) is 10.6. The quantitative estimate of drug-likeness (QED) is 0.659. The van der Waals surface area contributed by atoms with Crippen LogP contribution in [0.25, 0.3) is 0 Å². The molecule has 0 heterocycles. The van der Waals surface area contributed by atoms with E-state index >= 15 is 0 Å². The van der Waals surface area contributed by atoms with Crippen molar-refractivity contribution in [1.29, 1.82) is 0 Å². The summed E-state index contributed by atoms with van der Waals surface area (Å²) in [6, 6.07) is 17.5. The molecule has 0 atom stereocenters. The molecule has 1 N–H and O–H groups in total. The van der Waals surface area contributed by atoms with Gasteiger partial charge in [-0.2, -0.15) is 5.10 Å². The molecule has 0 aliphatic heterocycles. The number of nitrogens with one attached hydrogen (secondary N) is 1. The number of hydrogen-bond acceptors (Lipinski definition) is 2. The minimum absolute atomic E-state index is 0.116. The maximum absolute atomic E-state index is 11.6. The summed E-state index contributed by atoms with van der Waals surface area (Å²) in [5.41, 5.74) is 5.65. The van der Waals surface area contributed by atoms with Crippen LogP contribution in [-0.4, -0.2) is 12.1 Å². The van der Waals surface area contributed by atoms with Crippen molar-refractivity contribution in [3.8, 4) is 0 Å². The Morgan fingerprint density at radius 1 is 1.16 bits per heavy atom. The highest BCUT2D eigenvalue weighted by molar-refractivity contribution is 5.83. The van der Waals surface area contributed by atoms with Crippen molar-refractivity contribution in [1.82, 2.24) is 5.43 Å². The summed E-state index contributed by atoms with van der Waals surface area (Å²) >= 11 is 0. The average molecular weight is 252 g/mol. The van der Waals surface area contributed by atoms with E-state index in [9.17, 15) is 4.79 Å². The number of hydrazone groups is 1. The Balaban J connectivity index is 1.87. The Kier molecular flexibility index (Phi) is 4.45. The summed E-state index contributed by atoms with van der Waals surface area (Å²) < 4.78 is 0. The number of carbonyl (C=O) groups is 1. The second kappa shape index (κ2) is 6.50. The number of nitrogens with zero attached hydrogens (tertiary/aromatic N) is 1. The van der Waals surface area contributed by atoms with E-state index in [1.807, 2.05) is 61.5 Å². The van der Waals surface area contributed by atoms with Crippen LogP contribution in [0.3, 0.4) is 0 Å². The molecule has 0 spiro atoms. The van der Waals surface area contributed by atoms with E-state index in [0.29, 0.717) is 6.42 Å². The third kappa shape index (κ3) is 4.39. The van der Waals surface area contributed by atoms with Crippen LogP contribution in [0, 0.1) is 6.92 Å². The molecule has 2 aromatic rings. The number of rotatable bonds is 4. The van der Waals surface area contributed by atoms with Crippen LogP contribution >= 0.6 is 0 Å². The van der Waals surface area contributed by atoms with Crippen molar-refractivity contribution in [2.75, 3.05) is 0 Å². The molecule has 0 radical (unpaired) electrons. The first-order chi connectivity index (χ1) is 9.24. The van der Waals surface area contributed by atoms with Gasteiger partial charge in [-0.25, -0.2) is 5.43 Å². The molecule has 2 aromatic carbocycles. The van der Waals surface area contributed by atoms with Gasteiger partial charge < -0.3 is 0 Å². The average Bonchev–Trinajstić information content (AvgIpc) is 2.40. The van der Waals surface area contributed by atoms with E-state index < -0.39 is 0 Å². The summed E-state index contributed by atoms with van der Waals surface area (Å²) in [5.74, 6) is -0.116. The Labute approximate surface area is 113 Å². The van der Waals surface area contributed by atoms with E-state index in [0.717, 1.165) is 11.1 Å². The lowest BCUT2D eigenvalue weighted by Gasteiger charge is -2.00. The Hall–Kier alpha value is -2.42. The minimum atomic E-state index is -0.116. The number of benzene rings is 2. The van der Waals surface area contributed by atoms with Crippen molar-refractivity contribution >= 4 is 12.1 Å². The van der Waals surface area contributed by atoms with Crippen molar-refractivity contribution in [3.63, 3.8) is 0 Å². The van der Waals surface area contributed by atoms with E-state index in [4.69, 9.17) is 0 Å². The molecule has 0 saturated carbocycles. The summed E-state index contributed by atoms with van der Waals surface area (Å²) in [7, 11) is 0. The van der Waals surface area contributed by atoms with E-state index in [1.54, 1.807) is 6.21 Å². The molecule has 0 aromatic heterocycles. The Bertz CT molecular complexity index is 576. The lowest BCUT2D eigenvalue weighted by atomic mass is 10.1. The van der Waals surface area contributed by atoms with Crippen molar-refractivity contribution in [3.05, 3.63) is 71.3 Å². The minimum Gasteiger partial charge on any atom is -0.273 e. The smallest absolute Gasteiger partial charge is 0.244 e. The molecule has 1 amide bonds. The van der Waals surface area contributed by atoms with Crippen LogP contribution in [0.2, 0.25) is 0 Å². The Morgan fingerprint density at radius 3 is 2.68 bits per heavy atom. The zero-order valence-electron chi connectivity index (χ0n) is 10.8. The van der Waals surface area contributed by atoms with Gasteiger partial charge in [-0.15, -0.1) is 0 Å². The van der Waals surface area contributed by atoms with Crippen molar-refractivity contribution in [2.24, 2.45) is 5.10 Å². The fraction of sp³-hybridized carbons (Fsp3) is 0.125. The monoisotopic (exact) mass is 252 g/mol. The van der Waals surface area contributed by atoms with Gasteiger partial charge in [-0.1, -0.05) is 60.2 Å². The molecule has 0 unspecified atom stereocenters. The number of amides is 1. The van der Waals surface area contributed by atoms with Gasteiger partial charge in [0, 0.05) is 0 Å². The largest absolute Gasteiger partial charge is 0.273 e. The molecule has 0 fully saturated rings. The second-order valence-electron chi connectivity index (χ2n) is 4.37. The first kappa shape index (κ1) is 13.0. The van der Waals surface area contributed by atoms with Gasteiger partial charge in [0.25, 0.3) is 0 Å². The first-order valence-corrected chi connectivity index (χ1v) is 6.16. The van der Waals surface area contributed by atoms with Gasteiger partial charge in [0.1, 0.15) is 0 Å². The maximum atomic E-state index is 11.6. The molecule has 0 aliphatic rings. The predicted molar refractivity (Wildman–Crippen MR) is 77.1 cm³/mol. The summed E-state index contributed by atoms with van der Waals surface area (Å²) in [4.78, 5) is 11.6. The van der Waals surface area contributed by atoms with Gasteiger partial charge in [-0.3, -0.25) is 4.79 Å². The van der Waals surface area contributed by atoms with Gasteiger partial charge >= 0.3 is 0 Å². The van der Waals surface area contributed by atoms with Gasteiger partial charge in [0.2, 0.25) is 5.91 Å². The van der Waals surface area contributed by atoms with Crippen LogP contribution < -0.4 is 5.43 Å². The number of aryl methyl sites for hydroxylation is 1. The fourth-order valence-corrected chi connectivity index (χ4v) is 1.75. The highest BCUT2D eigenvalue weighted by atomic mass is 16.2. The zero-order chi connectivity index (χ0) is 13.5. The third-order valence-corrected chi connectivity index (χ3v) is 2.65. The highest BCUT2D eigenvalue weighted by Gasteiger charge is 2.00. The Morgan fingerprint density at radius 2 is 1.95 bits per heavy atom. The zero-order valence-corrected chi connectivity index (χ0v) is 10.8. The van der Waals surface area contributed by atoms with Crippen LogP contribution in [-0.2, 0) is 11.2 Å². The number of carbonyl (C=O) groups excluding carboxylic acids is 1. The van der Waals surface area contributed by atoms with E-state index in [2.05, 4.69) is 10.5 Å². The predicted octanol–water partition coefficient (Wildman–Crippen LogP) is 2.69. The summed E-state index contributed by atoms with van der Waals surface area (Å²) in [6.07, 6.45) is 1.99. The molecule has 0 bridgehead atoms. The lowest BCUT2D eigenvalue weighted by molar-refractivity contribution is -0.120. The SMILES string of the molecule is Cc1cccc(C=NNC(=O)Cc2ccccc2)c1. The molecule has 3 nitrogen and oxygen atoms in total. The van der Waals surface area contributed by atoms with Crippen LogP contribution in [0.1, 0.15) is 16.7 Å². The van der Waals surface area contributed by atoms with Gasteiger partial charge in [0.05, 0.1) is 12.6 Å². The first-order valence-electron chi connectivity index (χ1n) is 6.16. The molecule has 19 heavy (non-hydrogen) atoms. The summed E-state index contributed by atoms with van der Waals surface area (Å²) in [6.45, 7) is 2.02. The highest BCUT2D eigenvalue weighted by Crippen LogP contribution is 2.01. The van der Waals surface area contributed by atoms with E-state index in [-0.39, 0.29) is 5.91 Å². The molecular formula is C16H16N2O. The number of hydrogen-bond donors (Lipinski definition) is 1. The fourth-order valence-electron chi connectivity index (χ4n) is 1.75. The molecule has 3 heteroatoms. The second-order valence-corrected chi connectivity index (χ2v) is 4.37. The molecular weight excluding hydrogens is 236 g/mol. The standard InChI is InChI=1S/C16H16N2O/c1-13-6-5-9-15(10-13)12-17-18-16(19)11-14-7-3-2-4-8-14/h2-10,12H,11H2,1H3,(H,18,19). The topological polar surface area (TPSA) is 41.5 Å². The molecule has 2 rings (SSSR count). The van der Waals surface area contributed by atoms with Crippen LogP contribution in [0.4, 0.5) is 0 Å². The third-order valence-electron chi connectivity index (χ3n) is 2.65.